The molecular formula is C14H20N2O2. The third-order valence-corrected chi connectivity index (χ3v) is 3.35. The van der Waals surface area contributed by atoms with E-state index in [1.807, 2.05) is 29.2 Å². The van der Waals surface area contributed by atoms with Gasteiger partial charge in [0, 0.05) is 13.1 Å². The molecule has 0 bridgehead atoms. The molecule has 1 aromatic carbocycles. The van der Waals surface area contributed by atoms with Gasteiger partial charge < -0.3 is 15.4 Å². The van der Waals surface area contributed by atoms with Crippen LogP contribution in [0.1, 0.15) is 18.4 Å². The minimum atomic E-state index is -0.434. The molecular weight excluding hydrogens is 228 g/mol. The highest BCUT2D eigenvalue weighted by molar-refractivity contribution is 5.82. The van der Waals surface area contributed by atoms with Crippen LogP contribution in [0.25, 0.3) is 0 Å². The second-order valence-corrected chi connectivity index (χ2v) is 4.69. The zero-order valence-electron chi connectivity index (χ0n) is 10.8. The fourth-order valence-electron chi connectivity index (χ4n) is 2.27. The number of benzene rings is 1. The summed E-state index contributed by atoms with van der Waals surface area (Å²) in [6, 6.07) is 7.26. The van der Waals surface area contributed by atoms with Crippen LogP contribution in [0.4, 0.5) is 0 Å². The highest BCUT2D eigenvalue weighted by Crippen LogP contribution is 2.14. The summed E-state index contributed by atoms with van der Waals surface area (Å²) in [4.78, 5) is 13.9. The molecule has 0 aromatic heterocycles. The normalized spacial score (nSPS) is 16.7. The predicted octanol–water partition coefficient (Wildman–Crippen LogP) is 1.19. The maximum absolute atomic E-state index is 12.0. The Kier molecular flexibility index (Phi) is 4.20. The van der Waals surface area contributed by atoms with Gasteiger partial charge in [0.15, 0.2) is 0 Å². The number of rotatable bonds is 4. The molecule has 4 nitrogen and oxygen atoms in total. The average Bonchev–Trinajstić information content (AvgIpc) is 2.92. The molecule has 1 aliphatic heterocycles. The van der Waals surface area contributed by atoms with Crippen LogP contribution in [0.2, 0.25) is 0 Å². The van der Waals surface area contributed by atoms with Gasteiger partial charge in [-0.15, -0.1) is 0 Å². The van der Waals surface area contributed by atoms with Crippen LogP contribution in [0.3, 0.4) is 0 Å². The number of methoxy groups -OCH3 is 1. The number of ether oxygens (including phenoxy) is 1. The van der Waals surface area contributed by atoms with Crippen LogP contribution in [-0.2, 0) is 11.2 Å². The average molecular weight is 248 g/mol. The first-order valence-corrected chi connectivity index (χ1v) is 6.38. The Morgan fingerprint density at radius 1 is 1.33 bits per heavy atom. The topological polar surface area (TPSA) is 55.6 Å². The summed E-state index contributed by atoms with van der Waals surface area (Å²) < 4.78 is 5.10. The fourth-order valence-corrected chi connectivity index (χ4v) is 2.27. The number of carbonyl (C=O) groups is 1. The van der Waals surface area contributed by atoms with Crippen LogP contribution >= 0.6 is 0 Å². The van der Waals surface area contributed by atoms with Gasteiger partial charge in [-0.2, -0.15) is 0 Å². The van der Waals surface area contributed by atoms with Gasteiger partial charge in [-0.3, -0.25) is 4.79 Å². The van der Waals surface area contributed by atoms with Crippen molar-refractivity contribution in [3.8, 4) is 5.75 Å². The largest absolute Gasteiger partial charge is 0.497 e. The van der Waals surface area contributed by atoms with Crippen molar-refractivity contribution in [3.63, 3.8) is 0 Å². The van der Waals surface area contributed by atoms with E-state index in [9.17, 15) is 4.79 Å². The summed E-state index contributed by atoms with van der Waals surface area (Å²) >= 11 is 0. The number of likely N-dealkylation sites (tertiary alicyclic amines) is 1. The van der Waals surface area contributed by atoms with Gasteiger partial charge in [0.2, 0.25) is 5.91 Å². The van der Waals surface area contributed by atoms with Crippen LogP contribution in [0, 0.1) is 0 Å². The van der Waals surface area contributed by atoms with Gasteiger partial charge in [-0.05, 0) is 37.0 Å². The minimum Gasteiger partial charge on any atom is -0.497 e. The van der Waals surface area contributed by atoms with Crippen molar-refractivity contribution in [2.75, 3.05) is 20.2 Å². The van der Waals surface area contributed by atoms with Gasteiger partial charge in [0.05, 0.1) is 13.2 Å². The molecule has 2 rings (SSSR count). The number of nitrogens with two attached hydrogens (primary N) is 1. The van der Waals surface area contributed by atoms with Crippen molar-refractivity contribution < 1.29 is 9.53 Å². The molecule has 0 unspecified atom stereocenters. The van der Waals surface area contributed by atoms with E-state index in [0.29, 0.717) is 6.42 Å². The van der Waals surface area contributed by atoms with Crippen molar-refractivity contribution in [3.05, 3.63) is 29.8 Å². The second kappa shape index (κ2) is 5.87. The van der Waals surface area contributed by atoms with Gasteiger partial charge in [0.1, 0.15) is 5.75 Å². The quantitative estimate of drug-likeness (QED) is 0.870. The lowest BCUT2D eigenvalue weighted by Crippen LogP contribution is -2.43. The van der Waals surface area contributed by atoms with E-state index in [4.69, 9.17) is 10.5 Å². The van der Waals surface area contributed by atoms with E-state index < -0.39 is 6.04 Å². The smallest absolute Gasteiger partial charge is 0.239 e. The van der Waals surface area contributed by atoms with E-state index in [1.165, 1.54) is 0 Å². The fraction of sp³-hybridized carbons (Fsp3) is 0.500. The summed E-state index contributed by atoms with van der Waals surface area (Å²) in [5.74, 6) is 0.890. The Hall–Kier alpha value is -1.55. The summed E-state index contributed by atoms with van der Waals surface area (Å²) in [5, 5.41) is 0. The van der Waals surface area contributed by atoms with Gasteiger partial charge in [0.25, 0.3) is 0 Å². The van der Waals surface area contributed by atoms with Gasteiger partial charge in [-0.25, -0.2) is 0 Å². The molecule has 1 aromatic rings. The molecule has 4 heteroatoms. The Bertz CT molecular complexity index is 397. The molecule has 1 saturated heterocycles. The number of hydrogen-bond acceptors (Lipinski definition) is 3. The van der Waals surface area contributed by atoms with Crippen molar-refractivity contribution in [1.82, 2.24) is 4.90 Å². The van der Waals surface area contributed by atoms with Crippen molar-refractivity contribution >= 4 is 5.91 Å². The molecule has 1 atom stereocenters. The molecule has 0 radical (unpaired) electrons. The minimum absolute atomic E-state index is 0.0725. The Morgan fingerprint density at radius 2 is 1.94 bits per heavy atom. The molecule has 18 heavy (non-hydrogen) atoms. The van der Waals surface area contributed by atoms with Crippen LogP contribution < -0.4 is 10.5 Å². The number of amides is 1. The number of hydrogen-bond donors (Lipinski definition) is 1. The van der Waals surface area contributed by atoms with E-state index in [0.717, 1.165) is 37.2 Å². The maximum Gasteiger partial charge on any atom is 0.239 e. The van der Waals surface area contributed by atoms with Crippen molar-refractivity contribution in [1.29, 1.82) is 0 Å². The van der Waals surface area contributed by atoms with Crippen LogP contribution in [0.15, 0.2) is 24.3 Å². The van der Waals surface area contributed by atoms with E-state index in [2.05, 4.69) is 0 Å². The monoisotopic (exact) mass is 248 g/mol. The second-order valence-electron chi connectivity index (χ2n) is 4.69. The first kappa shape index (κ1) is 12.9. The lowest BCUT2D eigenvalue weighted by molar-refractivity contribution is -0.131. The van der Waals surface area contributed by atoms with E-state index >= 15 is 0 Å². The molecule has 1 heterocycles. The molecule has 0 spiro atoms. The molecule has 1 fully saturated rings. The number of carbonyl (C=O) groups excluding carboxylic acids is 1. The third kappa shape index (κ3) is 3.01. The standard InChI is InChI=1S/C14H20N2O2/c1-18-12-6-4-11(5-7-12)10-13(15)14(17)16-8-2-3-9-16/h4-7,13H,2-3,8-10,15H2,1H3/t13-/m0/s1. The molecule has 98 valence electrons. The third-order valence-electron chi connectivity index (χ3n) is 3.35. The summed E-state index contributed by atoms with van der Waals surface area (Å²) in [7, 11) is 1.64. The molecule has 1 aliphatic rings. The maximum atomic E-state index is 12.0. The Morgan fingerprint density at radius 3 is 2.50 bits per heavy atom. The molecule has 1 amide bonds. The summed E-state index contributed by atoms with van der Waals surface area (Å²) in [6.07, 6.45) is 2.78. The zero-order chi connectivity index (χ0) is 13.0. The van der Waals surface area contributed by atoms with E-state index in [1.54, 1.807) is 7.11 Å². The lowest BCUT2D eigenvalue weighted by atomic mass is 10.1. The summed E-state index contributed by atoms with van der Waals surface area (Å²) in [5.41, 5.74) is 7.04. The van der Waals surface area contributed by atoms with Crippen LogP contribution in [-0.4, -0.2) is 37.0 Å². The summed E-state index contributed by atoms with van der Waals surface area (Å²) in [6.45, 7) is 1.71. The zero-order valence-corrected chi connectivity index (χ0v) is 10.8. The van der Waals surface area contributed by atoms with Crippen molar-refractivity contribution in [2.45, 2.75) is 25.3 Å². The highest BCUT2D eigenvalue weighted by atomic mass is 16.5. The van der Waals surface area contributed by atoms with E-state index in [-0.39, 0.29) is 5.91 Å². The lowest BCUT2D eigenvalue weighted by Gasteiger charge is -2.20. The number of nitrogens with zero attached hydrogens (tertiary/aromatic N) is 1. The molecule has 2 N–H and O–H groups in total. The van der Waals surface area contributed by atoms with Crippen LogP contribution in [0.5, 0.6) is 5.75 Å². The SMILES string of the molecule is COc1ccc(C[C@H](N)C(=O)N2CCCC2)cc1. The van der Waals surface area contributed by atoms with Crippen molar-refractivity contribution in [2.24, 2.45) is 5.73 Å². The first-order valence-electron chi connectivity index (χ1n) is 6.38. The first-order chi connectivity index (χ1) is 8.70. The Labute approximate surface area is 108 Å². The Balaban J connectivity index is 1.92. The molecule has 0 aliphatic carbocycles. The van der Waals surface area contributed by atoms with Gasteiger partial charge in [-0.1, -0.05) is 12.1 Å². The van der Waals surface area contributed by atoms with Gasteiger partial charge >= 0.3 is 0 Å². The molecule has 0 saturated carbocycles. The highest BCUT2D eigenvalue weighted by Gasteiger charge is 2.23. The predicted molar refractivity (Wildman–Crippen MR) is 70.5 cm³/mol.